The number of hydrogen-bond donors (Lipinski definition) is 0. The van der Waals surface area contributed by atoms with Crippen molar-refractivity contribution in [1.82, 2.24) is 4.90 Å². The van der Waals surface area contributed by atoms with Crippen LogP contribution in [0.2, 0.25) is 10.0 Å². The summed E-state index contributed by atoms with van der Waals surface area (Å²) in [6.45, 7) is 7.36. The smallest absolute Gasteiger partial charge is 0.293 e. The van der Waals surface area contributed by atoms with Crippen molar-refractivity contribution in [2.75, 3.05) is 13.2 Å². The predicted octanol–water partition coefficient (Wildman–Crippen LogP) is 7.99. The quantitative estimate of drug-likeness (QED) is 0.208. The van der Waals surface area contributed by atoms with Gasteiger partial charge in [-0.15, -0.1) is 0 Å². The number of carbonyl (C=O) groups is 2. The van der Waals surface area contributed by atoms with Crippen LogP contribution in [-0.4, -0.2) is 29.3 Å². The number of benzene rings is 3. The van der Waals surface area contributed by atoms with Crippen LogP contribution >= 0.6 is 35.0 Å². The Hall–Kier alpha value is -2.93. The molecule has 0 aliphatic carbocycles. The van der Waals surface area contributed by atoms with Gasteiger partial charge in [0.2, 0.25) is 0 Å². The molecule has 0 spiro atoms. The number of amides is 2. The average molecular weight is 557 g/mol. The second kappa shape index (κ2) is 11.6. The second-order valence-electron chi connectivity index (χ2n) is 9.51. The van der Waals surface area contributed by atoms with Crippen molar-refractivity contribution in [3.05, 3.63) is 98.4 Å². The lowest BCUT2D eigenvalue weighted by Crippen LogP contribution is -2.27. The molecule has 1 fully saturated rings. The molecule has 37 heavy (non-hydrogen) atoms. The molecule has 0 unspecified atom stereocenters. The summed E-state index contributed by atoms with van der Waals surface area (Å²) in [5.41, 5.74) is 2.68. The molecule has 3 aromatic carbocycles. The minimum Gasteiger partial charge on any atom is -0.490 e. The lowest BCUT2D eigenvalue weighted by atomic mass is 9.87. The number of nitrogens with zero attached hydrogens (tertiary/aromatic N) is 1. The van der Waals surface area contributed by atoms with Crippen molar-refractivity contribution in [2.45, 2.75) is 32.7 Å². The van der Waals surface area contributed by atoms with E-state index in [0.29, 0.717) is 39.5 Å². The molecule has 0 aromatic heterocycles. The zero-order chi connectivity index (χ0) is 26.6. The summed E-state index contributed by atoms with van der Waals surface area (Å²) >= 11 is 13.3. The summed E-state index contributed by atoms with van der Waals surface area (Å²) in [5, 5.41) is 0.463. The van der Waals surface area contributed by atoms with Crippen LogP contribution in [0, 0.1) is 0 Å². The molecule has 1 saturated heterocycles. The Morgan fingerprint density at radius 3 is 1.92 bits per heavy atom. The van der Waals surface area contributed by atoms with Crippen molar-refractivity contribution in [2.24, 2.45) is 0 Å². The lowest BCUT2D eigenvalue weighted by molar-refractivity contribution is -0.123. The normalized spacial score (nSPS) is 14.9. The molecule has 8 heteroatoms. The Kier molecular flexibility index (Phi) is 8.53. The molecule has 1 aliphatic heterocycles. The highest BCUT2D eigenvalue weighted by molar-refractivity contribution is 8.18. The van der Waals surface area contributed by atoms with E-state index >= 15 is 0 Å². The summed E-state index contributed by atoms with van der Waals surface area (Å²) in [4.78, 5) is 26.8. The van der Waals surface area contributed by atoms with Gasteiger partial charge < -0.3 is 9.47 Å². The van der Waals surface area contributed by atoms with Gasteiger partial charge in [0, 0.05) is 15.6 Å². The largest absolute Gasteiger partial charge is 0.490 e. The van der Waals surface area contributed by atoms with E-state index in [0.717, 1.165) is 28.0 Å². The van der Waals surface area contributed by atoms with Crippen LogP contribution < -0.4 is 9.47 Å². The summed E-state index contributed by atoms with van der Waals surface area (Å²) < 4.78 is 11.5. The molecule has 0 bridgehead atoms. The first kappa shape index (κ1) is 27.1. The molecule has 4 rings (SSSR count). The predicted molar refractivity (Wildman–Crippen MR) is 151 cm³/mol. The van der Waals surface area contributed by atoms with Gasteiger partial charge in [0.1, 0.15) is 24.7 Å². The molecule has 0 N–H and O–H groups in total. The van der Waals surface area contributed by atoms with Crippen molar-refractivity contribution in [3.63, 3.8) is 0 Å². The van der Waals surface area contributed by atoms with Crippen LogP contribution in [0.5, 0.6) is 11.5 Å². The molecule has 0 saturated carbocycles. The first-order valence-corrected chi connectivity index (χ1v) is 13.3. The Morgan fingerprint density at radius 2 is 1.38 bits per heavy atom. The van der Waals surface area contributed by atoms with E-state index in [4.69, 9.17) is 32.7 Å². The van der Waals surface area contributed by atoms with Gasteiger partial charge in [0.25, 0.3) is 11.1 Å². The van der Waals surface area contributed by atoms with Crippen molar-refractivity contribution in [3.8, 4) is 11.5 Å². The van der Waals surface area contributed by atoms with E-state index in [1.54, 1.807) is 24.3 Å². The number of rotatable bonds is 8. The Balaban J connectivity index is 1.30. The maximum Gasteiger partial charge on any atom is 0.293 e. The lowest BCUT2D eigenvalue weighted by Gasteiger charge is -2.19. The van der Waals surface area contributed by atoms with Gasteiger partial charge in [0.05, 0.1) is 11.4 Å². The molecule has 1 heterocycles. The molecule has 2 amide bonds. The average Bonchev–Trinajstić information content (AvgIpc) is 3.12. The van der Waals surface area contributed by atoms with E-state index < -0.39 is 0 Å². The number of halogens is 2. The van der Waals surface area contributed by atoms with Gasteiger partial charge in [-0.2, -0.15) is 0 Å². The van der Waals surface area contributed by atoms with Crippen LogP contribution in [-0.2, 0) is 16.8 Å². The maximum atomic E-state index is 12.9. The van der Waals surface area contributed by atoms with Gasteiger partial charge in [0.15, 0.2) is 0 Å². The standard InChI is InChI=1S/C29H27Cl2NO4S/c1-29(2,3)20-9-13-22(14-10-20)36-16-15-35-21-11-7-19(8-12-21)17-26-27(33)32(28(34)37-26)18-23-24(30)5-4-6-25(23)31/h4-14,17H,15-16,18H2,1-3H3/b26-17-. The van der Waals surface area contributed by atoms with Gasteiger partial charge in [-0.1, -0.05) is 74.3 Å². The number of hydrogen-bond acceptors (Lipinski definition) is 5. The fourth-order valence-electron chi connectivity index (χ4n) is 3.66. The number of ether oxygens (including phenoxy) is 2. The molecule has 5 nitrogen and oxygen atoms in total. The number of thioether (sulfide) groups is 1. The minimum absolute atomic E-state index is 0.0239. The molecule has 192 valence electrons. The van der Waals surface area contributed by atoms with E-state index in [9.17, 15) is 9.59 Å². The third kappa shape index (κ3) is 6.89. The number of carbonyl (C=O) groups excluding carboxylic acids is 2. The Morgan fingerprint density at radius 1 is 0.838 bits per heavy atom. The van der Waals surface area contributed by atoms with Crippen molar-refractivity contribution in [1.29, 1.82) is 0 Å². The Labute approximate surface area is 231 Å². The van der Waals surface area contributed by atoms with E-state index in [1.165, 1.54) is 5.56 Å². The third-order valence-corrected chi connectivity index (χ3v) is 7.39. The van der Waals surface area contributed by atoms with Gasteiger partial charge in [-0.3, -0.25) is 14.5 Å². The van der Waals surface area contributed by atoms with Crippen molar-refractivity contribution < 1.29 is 19.1 Å². The third-order valence-electron chi connectivity index (χ3n) is 5.77. The maximum absolute atomic E-state index is 12.9. The summed E-state index contributed by atoms with van der Waals surface area (Å²) in [7, 11) is 0. The number of imide groups is 1. The molecule has 3 aromatic rings. The molecular weight excluding hydrogens is 529 g/mol. The fourth-order valence-corrected chi connectivity index (χ4v) is 5.01. The van der Waals surface area contributed by atoms with Crippen molar-refractivity contribution >= 4 is 52.2 Å². The van der Waals surface area contributed by atoms with Gasteiger partial charge in [-0.25, -0.2) is 0 Å². The first-order chi connectivity index (χ1) is 17.6. The van der Waals surface area contributed by atoms with Gasteiger partial charge in [-0.05, 0) is 70.8 Å². The summed E-state index contributed by atoms with van der Waals surface area (Å²) in [6.07, 6.45) is 1.69. The molecule has 0 atom stereocenters. The summed E-state index contributed by atoms with van der Waals surface area (Å²) in [6, 6.07) is 20.5. The topological polar surface area (TPSA) is 55.8 Å². The molecule has 1 aliphatic rings. The SMILES string of the molecule is CC(C)(C)c1ccc(OCCOc2ccc(/C=C3\SC(=O)N(Cc4c(Cl)cccc4Cl)C3=O)cc2)cc1. The van der Waals surface area contributed by atoms with Crippen LogP contribution in [0.4, 0.5) is 4.79 Å². The highest BCUT2D eigenvalue weighted by Gasteiger charge is 2.35. The van der Waals surface area contributed by atoms with E-state index in [2.05, 4.69) is 32.9 Å². The molecular formula is C29H27Cl2NO4S. The monoisotopic (exact) mass is 555 g/mol. The van der Waals surface area contributed by atoms with Crippen LogP contribution in [0.3, 0.4) is 0 Å². The highest BCUT2D eigenvalue weighted by Crippen LogP contribution is 2.35. The first-order valence-electron chi connectivity index (χ1n) is 11.8. The Bertz CT molecular complexity index is 1290. The molecule has 0 radical (unpaired) electrons. The zero-order valence-corrected chi connectivity index (χ0v) is 23.1. The van der Waals surface area contributed by atoms with E-state index in [1.807, 2.05) is 36.4 Å². The van der Waals surface area contributed by atoms with E-state index in [-0.39, 0.29) is 23.1 Å². The second-order valence-corrected chi connectivity index (χ2v) is 11.3. The van der Waals surface area contributed by atoms with Gasteiger partial charge >= 0.3 is 0 Å². The van der Waals surface area contributed by atoms with Crippen LogP contribution in [0.1, 0.15) is 37.5 Å². The zero-order valence-electron chi connectivity index (χ0n) is 20.8. The van der Waals surface area contributed by atoms with Crippen LogP contribution in [0.25, 0.3) is 6.08 Å². The summed E-state index contributed by atoms with van der Waals surface area (Å²) in [5.74, 6) is 1.11. The van der Waals surface area contributed by atoms with Crippen LogP contribution in [0.15, 0.2) is 71.6 Å². The highest BCUT2D eigenvalue weighted by atomic mass is 35.5. The minimum atomic E-state index is -0.376. The fraction of sp³-hybridized carbons (Fsp3) is 0.241.